The van der Waals surface area contributed by atoms with Crippen molar-refractivity contribution in [1.29, 1.82) is 0 Å². The highest BCUT2D eigenvalue weighted by atomic mass is 31.2. The van der Waals surface area contributed by atoms with Crippen LogP contribution in [0.25, 0.3) is 0 Å². The van der Waals surface area contributed by atoms with E-state index in [1.54, 1.807) is 0 Å². The van der Waals surface area contributed by atoms with E-state index in [1.807, 2.05) is 0 Å². The van der Waals surface area contributed by atoms with Gasteiger partial charge in [0.05, 0.1) is 0 Å². The van der Waals surface area contributed by atoms with E-state index in [-0.39, 0.29) is 0 Å². The van der Waals surface area contributed by atoms with E-state index in [0.717, 1.165) is 0 Å². The van der Waals surface area contributed by atoms with Crippen LogP contribution >= 0.6 is 24.5 Å². The molecule has 1 heterocycles. The molecule has 0 saturated heterocycles. The zero-order valence-electron chi connectivity index (χ0n) is 3.98. The zero-order valence-corrected chi connectivity index (χ0v) is 6.98. The normalized spacial score (nSPS) is 42.3. The molecule has 0 bridgehead atoms. The maximum absolute atomic E-state index is 12.0. The first-order valence-corrected chi connectivity index (χ1v) is 5.73. The van der Waals surface area contributed by atoms with Crippen molar-refractivity contribution in [3.05, 3.63) is 0 Å². The standard InChI is InChI=1S/F3H3N3P3/c1-7-4-8(2)6-9(3)5-7/h7-9H. The lowest BCUT2D eigenvalue weighted by molar-refractivity contribution is 0.871. The Labute approximate surface area is 51.6 Å². The lowest BCUT2D eigenvalue weighted by Gasteiger charge is -1.96. The van der Waals surface area contributed by atoms with Crippen LogP contribution in [0.4, 0.5) is 12.6 Å². The van der Waals surface area contributed by atoms with E-state index >= 15 is 0 Å². The van der Waals surface area contributed by atoms with Crippen molar-refractivity contribution in [2.75, 3.05) is 0 Å². The molecule has 3 nitrogen and oxygen atoms in total. The molecule has 0 amide bonds. The van der Waals surface area contributed by atoms with Gasteiger partial charge in [0.25, 0.3) is 0 Å². The number of nitrogens with zero attached hydrogens (tertiary/aromatic N) is 3. The summed E-state index contributed by atoms with van der Waals surface area (Å²) in [5.74, 6) is 0. The van der Waals surface area contributed by atoms with Gasteiger partial charge in [-0.1, -0.05) is 0 Å². The molecule has 54 valence electrons. The predicted octanol–water partition coefficient (Wildman–Crippen LogP) is 3.59. The fraction of sp³-hybridized carbons (Fsp3) is 0. The Kier molecular flexibility index (Phi) is 2.57. The first kappa shape index (κ1) is 7.59. The summed E-state index contributed by atoms with van der Waals surface area (Å²) in [5, 5.41) is 0. The summed E-state index contributed by atoms with van der Waals surface area (Å²) in [4.78, 5) is 0. The minimum Gasteiger partial charge on any atom is -0.187 e. The molecule has 0 N–H and O–H groups in total. The SMILES string of the molecule is F[PH]1=N[PH](F)=N[PH](F)=N1. The van der Waals surface area contributed by atoms with E-state index in [4.69, 9.17) is 0 Å². The van der Waals surface area contributed by atoms with Gasteiger partial charge in [0.1, 0.15) is 0 Å². The van der Waals surface area contributed by atoms with Gasteiger partial charge in [-0.25, -0.2) is 0 Å². The fourth-order valence-corrected chi connectivity index (χ4v) is 4.08. The molecule has 9 heavy (non-hydrogen) atoms. The van der Waals surface area contributed by atoms with Crippen LogP contribution in [0.3, 0.4) is 0 Å². The smallest absolute Gasteiger partial charge is 0.187 e. The van der Waals surface area contributed by atoms with Crippen molar-refractivity contribution in [3.8, 4) is 0 Å². The van der Waals surface area contributed by atoms with Gasteiger partial charge in [-0.05, 0) is 0 Å². The number of rotatable bonds is 0. The Morgan fingerprint density at radius 2 is 0.889 bits per heavy atom. The molecule has 1 aliphatic rings. The molecule has 0 aromatic heterocycles. The summed E-state index contributed by atoms with van der Waals surface area (Å²) >= 11 is 0. The maximum Gasteiger partial charge on any atom is 0.237 e. The van der Waals surface area contributed by atoms with Crippen molar-refractivity contribution < 1.29 is 12.6 Å². The molecular weight excluding hydrogens is 192 g/mol. The summed E-state index contributed by atoms with van der Waals surface area (Å²) in [7, 11) is -8.68. The molecule has 0 atom stereocenters. The van der Waals surface area contributed by atoms with Crippen LogP contribution < -0.4 is 0 Å². The second-order valence-electron chi connectivity index (χ2n) is 1.14. The summed E-state index contributed by atoms with van der Waals surface area (Å²) in [6, 6.07) is 0. The van der Waals surface area contributed by atoms with Crippen LogP contribution in [-0.4, -0.2) is 0 Å². The minimum absolute atomic E-state index is 2.86. The summed E-state index contributed by atoms with van der Waals surface area (Å²) < 4.78 is 44.5. The number of hydrogen-bond donors (Lipinski definition) is 0. The monoisotopic (exact) mass is 195 g/mol. The summed E-state index contributed by atoms with van der Waals surface area (Å²) in [5.41, 5.74) is 0. The molecule has 0 fully saturated rings. The van der Waals surface area contributed by atoms with Gasteiger partial charge in [0, 0.05) is 0 Å². The van der Waals surface area contributed by atoms with Gasteiger partial charge in [-0.15, -0.1) is 0 Å². The van der Waals surface area contributed by atoms with Crippen molar-refractivity contribution in [2.45, 2.75) is 0 Å². The van der Waals surface area contributed by atoms with Crippen LogP contribution in [0.5, 0.6) is 0 Å². The van der Waals surface area contributed by atoms with Crippen LogP contribution in [0.2, 0.25) is 0 Å². The minimum atomic E-state index is -2.89. The molecule has 0 aromatic carbocycles. The molecule has 0 aromatic rings. The third-order valence-corrected chi connectivity index (χ3v) is 4.98. The number of hydrogen-bond acceptors (Lipinski definition) is 3. The average molecular weight is 195 g/mol. The molecule has 0 saturated carbocycles. The highest BCUT2D eigenvalue weighted by Gasteiger charge is 2.02. The van der Waals surface area contributed by atoms with Gasteiger partial charge in [-0.2, -0.15) is 26.1 Å². The highest BCUT2D eigenvalue weighted by Crippen LogP contribution is 2.56. The van der Waals surface area contributed by atoms with Gasteiger partial charge in [0.15, 0.2) is 0 Å². The van der Waals surface area contributed by atoms with Crippen molar-refractivity contribution >= 4 is 24.5 Å². The van der Waals surface area contributed by atoms with Crippen LogP contribution in [-0.2, 0) is 0 Å². The number of halogens is 3. The quantitative estimate of drug-likeness (QED) is 0.529. The fourth-order valence-electron chi connectivity index (χ4n) is 0.303. The lowest BCUT2D eigenvalue weighted by Crippen LogP contribution is -1.45. The van der Waals surface area contributed by atoms with E-state index in [1.165, 1.54) is 0 Å². The first-order valence-electron chi connectivity index (χ1n) is 1.91. The van der Waals surface area contributed by atoms with Crippen molar-refractivity contribution in [1.82, 2.24) is 0 Å². The van der Waals surface area contributed by atoms with E-state index in [0.29, 0.717) is 0 Å². The predicted molar refractivity (Wildman–Crippen MR) is 35.6 cm³/mol. The largest absolute Gasteiger partial charge is 0.237 e. The molecular formula is H3F3N3P3. The van der Waals surface area contributed by atoms with Gasteiger partial charge >= 0.3 is 0 Å². The van der Waals surface area contributed by atoms with Crippen molar-refractivity contribution in [2.24, 2.45) is 13.5 Å². The Balaban J connectivity index is 2.98. The zero-order chi connectivity index (χ0) is 6.85. The van der Waals surface area contributed by atoms with Crippen molar-refractivity contribution in [3.63, 3.8) is 0 Å². The molecule has 1 aliphatic heterocycles. The van der Waals surface area contributed by atoms with Crippen LogP contribution in [0, 0.1) is 0 Å². The molecule has 0 radical (unpaired) electrons. The lowest BCUT2D eigenvalue weighted by atomic mass is 13.8. The molecule has 1 rings (SSSR count). The van der Waals surface area contributed by atoms with Crippen LogP contribution in [0.1, 0.15) is 0 Å². The Hall–Kier alpha value is 0.480. The second-order valence-corrected chi connectivity index (χ2v) is 5.44. The summed E-state index contributed by atoms with van der Waals surface area (Å²) in [6.07, 6.45) is 0. The first-order chi connectivity index (χ1) is 4.18. The third kappa shape index (κ3) is 2.29. The Morgan fingerprint density at radius 1 is 0.667 bits per heavy atom. The third-order valence-electron chi connectivity index (χ3n) is 0.554. The molecule has 0 aliphatic carbocycles. The molecule has 0 unspecified atom stereocenters. The van der Waals surface area contributed by atoms with E-state index < -0.39 is 24.5 Å². The molecule has 0 spiro atoms. The van der Waals surface area contributed by atoms with E-state index in [9.17, 15) is 12.6 Å². The highest BCUT2D eigenvalue weighted by molar-refractivity contribution is 7.64. The molecule has 9 heteroatoms. The summed E-state index contributed by atoms with van der Waals surface area (Å²) in [6.45, 7) is 0. The average Bonchev–Trinajstić information content (AvgIpc) is 1.59. The Morgan fingerprint density at radius 3 is 1.11 bits per heavy atom. The van der Waals surface area contributed by atoms with Gasteiger partial charge in [-0.3, -0.25) is 0 Å². The Bertz CT molecular complexity index is 170. The maximum atomic E-state index is 12.0. The van der Waals surface area contributed by atoms with E-state index in [2.05, 4.69) is 13.5 Å². The van der Waals surface area contributed by atoms with Gasteiger partial charge < -0.3 is 0 Å². The second kappa shape index (κ2) is 3.05. The van der Waals surface area contributed by atoms with Crippen LogP contribution in [0.15, 0.2) is 13.5 Å². The topological polar surface area (TPSA) is 37.1 Å². The van der Waals surface area contributed by atoms with Gasteiger partial charge in [0.2, 0.25) is 24.5 Å².